The lowest BCUT2D eigenvalue weighted by Crippen LogP contribution is -2.11. The van der Waals surface area contributed by atoms with Crippen LogP contribution in [0.4, 0.5) is 34.1 Å². The normalized spacial score (nSPS) is 11.3. The van der Waals surface area contributed by atoms with Crippen LogP contribution in [0.3, 0.4) is 0 Å². The molecule has 0 spiro atoms. The van der Waals surface area contributed by atoms with E-state index in [-0.39, 0.29) is 0 Å². The third-order valence-corrected chi connectivity index (χ3v) is 9.25. The molecule has 0 bridgehead atoms. The van der Waals surface area contributed by atoms with E-state index in [4.69, 9.17) is 0 Å². The first-order valence-electron chi connectivity index (χ1n) is 17.2. The third kappa shape index (κ3) is 6.40. The summed E-state index contributed by atoms with van der Waals surface area (Å²) >= 11 is 0. The largest absolute Gasteiger partial charge is 0.310 e. The van der Waals surface area contributed by atoms with Gasteiger partial charge in [-0.25, -0.2) is 0 Å². The molecule has 0 aliphatic heterocycles. The van der Waals surface area contributed by atoms with Gasteiger partial charge < -0.3 is 9.80 Å². The van der Waals surface area contributed by atoms with E-state index < -0.39 is 0 Å². The lowest BCUT2D eigenvalue weighted by Gasteiger charge is -2.27. The van der Waals surface area contributed by atoms with Crippen LogP contribution in [0.25, 0.3) is 33.7 Å². The summed E-state index contributed by atoms with van der Waals surface area (Å²) in [7, 11) is 0. The molecule has 2 heteroatoms. The topological polar surface area (TPSA) is 6.48 Å². The fourth-order valence-electron chi connectivity index (χ4n) is 6.91. The van der Waals surface area contributed by atoms with Crippen LogP contribution < -0.4 is 9.80 Å². The minimum atomic E-state index is 1.12. The molecular formula is C48H38N2. The second-order valence-electron chi connectivity index (χ2n) is 12.9. The van der Waals surface area contributed by atoms with Gasteiger partial charge in [0.25, 0.3) is 0 Å². The Kier molecular flexibility index (Phi) is 8.42. The fourth-order valence-corrected chi connectivity index (χ4v) is 6.91. The van der Waals surface area contributed by atoms with E-state index in [1.165, 1.54) is 38.4 Å². The highest BCUT2D eigenvalue weighted by atomic mass is 15.1. The summed E-state index contributed by atoms with van der Waals surface area (Å²) in [5.74, 6) is 0. The second kappa shape index (κ2) is 13.6. The predicted octanol–water partition coefficient (Wildman–Crippen LogP) is 13.7. The fraction of sp³-hybridized carbons (Fsp3) is 0.0417. The Bertz CT molecular complexity index is 2420. The van der Waals surface area contributed by atoms with E-state index >= 15 is 0 Å². The van der Waals surface area contributed by atoms with E-state index in [0.717, 1.165) is 39.6 Å². The lowest BCUT2D eigenvalue weighted by molar-refractivity contribution is 1.26. The molecule has 0 atom stereocenters. The Morgan fingerprint density at radius 2 is 0.860 bits per heavy atom. The number of rotatable bonds is 8. The minimum Gasteiger partial charge on any atom is -0.310 e. The van der Waals surface area contributed by atoms with Crippen molar-refractivity contribution in [3.63, 3.8) is 0 Å². The summed E-state index contributed by atoms with van der Waals surface area (Å²) in [5, 5.41) is 4.93. The van der Waals surface area contributed by atoms with Gasteiger partial charge in [-0.15, -0.1) is 0 Å². The smallest absolute Gasteiger partial charge is 0.0540 e. The van der Waals surface area contributed by atoms with Crippen LogP contribution in [0.5, 0.6) is 0 Å². The Morgan fingerprint density at radius 3 is 1.54 bits per heavy atom. The number of benzene rings is 8. The summed E-state index contributed by atoms with van der Waals surface area (Å²) in [5.41, 5.74) is 11.6. The molecule has 0 unspecified atom stereocenters. The molecule has 0 aliphatic rings. The van der Waals surface area contributed by atoms with Gasteiger partial charge in [-0.05, 0) is 119 Å². The van der Waals surface area contributed by atoms with Gasteiger partial charge in [0, 0.05) is 33.8 Å². The van der Waals surface area contributed by atoms with E-state index in [2.05, 4.69) is 218 Å². The van der Waals surface area contributed by atoms with Crippen molar-refractivity contribution in [2.75, 3.05) is 9.80 Å². The van der Waals surface area contributed by atoms with Gasteiger partial charge in [-0.2, -0.15) is 0 Å². The first-order valence-corrected chi connectivity index (χ1v) is 17.2. The number of fused-ring (bicyclic) bond motifs is 2. The van der Waals surface area contributed by atoms with Crippen LogP contribution in [0.15, 0.2) is 182 Å². The number of hydrogen-bond acceptors (Lipinski definition) is 2. The SMILES string of the molecule is Cc1cc(C)cc(N(c2ccc(/C=C/c3ccc(N(c4ccccc4)c4ccc5ccccc5c4)cc3)cc2)c2cccc3ccccc23)c1. The summed E-state index contributed by atoms with van der Waals surface area (Å²) in [6.07, 6.45) is 4.38. The van der Waals surface area contributed by atoms with Crippen LogP contribution >= 0.6 is 0 Å². The molecule has 240 valence electrons. The Balaban J connectivity index is 1.08. The molecule has 0 saturated carbocycles. The molecule has 0 heterocycles. The van der Waals surface area contributed by atoms with Gasteiger partial charge in [-0.1, -0.05) is 127 Å². The molecule has 0 aliphatic carbocycles. The van der Waals surface area contributed by atoms with E-state index in [1.807, 2.05) is 0 Å². The zero-order valence-electron chi connectivity index (χ0n) is 28.4. The number of para-hydroxylation sites is 1. The van der Waals surface area contributed by atoms with E-state index in [9.17, 15) is 0 Å². The molecule has 0 saturated heterocycles. The summed E-state index contributed by atoms with van der Waals surface area (Å²) in [6, 6.07) is 65.4. The van der Waals surface area contributed by atoms with Crippen molar-refractivity contribution < 1.29 is 0 Å². The first kappa shape index (κ1) is 30.9. The molecule has 0 N–H and O–H groups in total. The molecule has 50 heavy (non-hydrogen) atoms. The quantitative estimate of drug-likeness (QED) is 0.152. The number of anilines is 6. The van der Waals surface area contributed by atoms with E-state index in [1.54, 1.807) is 0 Å². The van der Waals surface area contributed by atoms with Gasteiger partial charge in [0.1, 0.15) is 0 Å². The second-order valence-corrected chi connectivity index (χ2v) is 12.9. The van der Waals surface area contributed by atoms with Gasteiger partial charge >= 0.3 is 0 Å². The van der Waals surface area contributed by atoms with Crippen molar-refractivity contribution in [3.05, 3.63) is 204 Å². The van der Waals surface area contributed by atoms with Crippen LogP contribution in [0.1, 0.15) is 22.3 Å². The highest BCUT2D eigenvalue weighted by Gasteiger charge is 2.16. The van der Waals surface area contributed by atoms with Gasteiger partial charge in [-0.3, -0.25) is 0 Å². The zero-order chi connectivity index (χ0) is 33.9. The molecule has 0 aromatic heterocycles. The monoisotopic (exact) mass is 642 g/mol. The van der Waals surface area contributed by atoms with Gasteiger partial charge in [0.05, 0.1) is 5.69 Å². The molecule has 0 amide bonds. The number of nitrogens with zero attached hydrogens (tertiary/aromatic N) is 2. The molecule has 8 aromatic rings. The maximum Gasteiger partial charge on any atom is 0.0540 e. The van der Waals surface area contributed by atoms with Crippen LogP contribution in [-0.4, -0.2) is 0 Å². The van der Waals surface area contributed by atoms with Crippen molar-refractivity contribution in [1.82, 2.24) is 0 Å². The zero-order valence-corrected chi connectivity index (χ0v) is 28.4. The lowest BCUT2D eigenvalue weighted by atomic mass is 10.0. The van der Waals surface area contributed by atoms with Crippen LogP contribution in [0.2, 0.25) is 0 Å². The van der Waals surface area contributed by atoms with Crippen molar-refractivity contribution >= 4 is 67.8 Å². The van der Waals surface area contributed by atoms with Crippen LogP contribution in [0, 0.1) is 13.8 Å². The van der Waals surface area contributed by atoms with E-state index in [0.29, 0.717) is 0 Å². The van der Waals surface area contributed by atoms with Crippen molar-refractivity contribution in [2.45, 2.75) is 13.8 Å². The van der Waals surface area contributed by atoms with Crippen LogP contribution in [-0.2, 0) is 0 Å². The molecule has 2 nitrogen and oxygen atoms in total. The third-order valence-electron chi connectivity index (χ3n) is 9.25. The van der Waals surface area contributed by atoms with Crippen molar-refractivity contribution in [3.8, 4) is 0 Å². The average Bonchev–Trinajstić information content (AvgIpc) is 3.15. The standard InChI is InChI=1S/C48H38N2/c1-35-31-36(2)33-46(32-35)50(48-18-10-14-40-12-8-9-17-47(40)48)44-28-23-38(24-29-44)20-19-37-21-26-43(27-22-37)49(42-15-4-3-5-16-42)45-30-25-39-11-6-7-13-41(39)34-45/h3-34H,1-2H3/b20-19+. The molecule has 0 fully saturated rings. The molecular weight excluding hydrogens is 605 g/mol. The maximum atomic E-state index is 2.38. The average molecular weight is 643 g/mol. The van der Waals surface area contributed by atoms with Gasteiger partial charge in [0.15, 0.2) is 0 Å². The Labute approximate surface area is 294 Å². The maximum absolute atomic E-state index is 2.38. The summed E-state index contributed by atoms with van der Waals surface area (Å²) in [6.45, 7) is 4.34. The molecule has 8 rings (SSSR count). The first-order chi connectivity index (χ1) is 24.6. The van der Waals surface area contributed by atoms with Crippen molar-refractivity contribution in [2.24, 2.45) is 0 Å². The Morgan fingerprint density at radius 1 is 0.340 bits per heavy atom. The highest BCUT2D eigenvalue weighted by Crippen LogP contribution is 2.40. The summed E-state index contributed by atoms with van der Waals surface area (Å²) in [4.78, 5) is 4.69. The summed E-state index contributed by atoms with van der Waals surface area (Å²) < 4.78 is 0. The molecule has 8 aromatic carbocycles. The number of aryl methyl sites for hydroxylation is 2. The highest BCUT2D eigenvalue weighted by molar-refractivity contribution is 5.99. The van der Waals surface area contributed by atoms with Crippen molar-refractivity contribution in [1.29, 1.82) is 0 Å². The minimum absolute atomic E-state index is 1.12. The Hall–Kier alpha value is -6.38. The van der Waals surface area contributed by atoms with Gasteiger partial charge in [0.2, 0.25) is 0 Å². The number of hydrogen-bond donors (Lipinski definition) is 0. The molecule has 0 radical (unpaired) electrons. The predicted molar refractivity (Wildman–Crippen MR) is 216 cm³/mol.